The number of hydrogen-bond acceptors (Lipinski definition) is 6. The number of anilines is 1. The number of fused-ring (bicyclic) bond motifs is 1. The maximum absolute atomic E-state index is 12.5. The molecule has 2 aromatic carbocycles. The number of aromatic nitrogens is 2. The quantitative estimate of drug-likeness (QED) is 0.448. The van der Waals surface area contributed by atoms with E-state index in [-0.39, 0.29) is 5.91 Å². The standard InChI is InChI=1S/C23H21N3O3S/c1-3-28-18-10-12-19(13-11-18)29-15(2)21(27)25-17-8-6-16(7-9-17)22-26-20-5-4-14-24-23(20)30-22/h4-15H,3H2,1-2H3,(H,25,27). The Hall–Kier alpha value is -3.45. The predicted octanol–water partition coefficient (Wildman–Crippen LogP) is 5.16. The number of carbonyl (C=O) groups is 1. The van der Waals surface area contributed by atoms with Crippen molar-refractivity contribution in [2.45, 2.75) is 20.0 Å². The van der Waals surface area contributed by atoms with Crippen LogP contribution in [0.3, 0.4) is 0 Å². The summed E-state index contributed by atoms with van der Waals surface area (Å²) in [7, 11) is 0. The molecular weight excluding hydrogens is 398 g/mol. The minimum Gasteiger partial charge on any atom is -0.494 e. The van der Waals surface area contributed by atoms with Crippen LogP contribution in [0, 0.1) is 0 Å². The van der Waals surface area contributed by atoms with Crippen molar-refractivity contribution < 1.29 is 14.3 Å². The molecule has 1 N–H and O–H groups in total. The average molecular weight is 420 g/mol. The molecular formula is C23H21N3O3S. The number of nitrogens with one attached hydrogen (secondary N) is 1. The minimum absolute atomic E-state index is 0.221. The Kier molecular flexibility index (Phi) is 5.90. The second-order valence-electron chi connectivity index (χ2n) is 6.58. The molecule has 30 heavy (non-hydrogen) atoms. The number of nitrogens with zero attached hydrogens (tertiary/aromatic N) is 2. The van der Waals surface area contributed by atoms with Crippen molar-refractivity contribution in [3.05, 3.63) is 66.9 Å². The van der Waals surface area contributed by atoms with E-state index in [1.807, 2.05) is 55.5 Å². The van der Waals surface area contributed by atoms with Crippen LogP contribution in [0.2, 0.25) is 0 Å². The van der Waals surface area contributed by atoms with Gasteiger partial charge in [-0.05, 0) is 74.5 Å². The topological polar surface area (TPSA) is 73.3 Å². The summed E-state index contributed by atoms with van der Waals surface area (Å²) in [4.78, 5) is 22.3. The van der Waals surface area contributed by atoms with Gasteiger partial charge in [-0.2, -0.15) is 0 Å². The number of ether oxygens (including phenoxy) is 2. The smallest absolute Gasteiger partial charge is 0.265 e. The number of rotatable bonds is 7. The van der Waals surface area contributed by atoms with Gasteiger partial charge in [-0.3, -0.25) is 4.79 Å². The van der Waals surface area contributed by atoms with Crippen molar-refractivity contribution >= 4 is 33.3 Å². The lowest BCUT2D eigenvalue weighted by molar-refractivity contribution is -0.122. The molecule has 4 aromatic rings. The van der Waals surface area contributed by atoms with Gasteiger partial charge in [0.1, 0.15) is 26.9 Å². The van der Waals surface area contributed by atoms with Crippen LogP contribution in [0.4, 0.5) is 5.69 Å². The lowest BCUT2D eigenvalue weighted by atomic mass is 10.2. The van der Waals surface area contributed by atoms with Gasteiger partial charge in [0, 0.05) is 17.4 Å². The maximum atomic E-state index is 12.5. The van der Waals surface area contributed by atoms with Gasteiger partial charge in [0.2, 0.25) is 0 Å². The molecule has 7 heteroatoms. The van der Waals surface area contributed by atoms with Crippen molar-refractivity contribution in [3.8, 4) is 22.1 Å². The summed E-state index contributed by atoms with van der Waals surface area (Å²) in [5.74, 6) is 1.16. The molecule has 1 atom stereocenters. The largest absolute Gasteiger partial charge is 0.494 e. The Morgan fingerprint density at radius 1 is 1.07 bits per heavy atom. The van der Waals surface area contributed by atoms with Gasteiger partial charge in [0.25, 0.3) is 5.91 Å². The molecule has 1 unspecified atom stereocenters. The highest BCUT2D eigenvalue weighted by atomic mass is 32.1. The molecule has 0 aliphatic carbocycles. The van der Waals surface area contributed by atoms with Crippen LogP contribution in [0.5, 0.6) is 11.5 Å². The van der Waals surface area contributed by atoms with Crippen molar-refractivity contribution in [1.82, 2.24) is 9.97 Å². The minimum atomic E-state index is -0.641. The Balaban J connectivity index is 1.38. The number of benzene rings is 2. The van der Waals surface area contributed by atoms with Crippen molar-refractivity contribution in [2.24, 2.45) is 0 Å². The third kappa shape index (κ3) is 4.58. The fourth-order valence-electron chi connectivity index (χ4n) is 2.87. The number of hydrogen-bond donors (Lipinski definition) is 1. The monoisotopic (exact) mass is 419 g/mol. The molecule has 0 radical (unpaired) electrons. The summed E-state index contributed by atoms with van der Waals surface area (Å²) in [6.45, 7) is 4.25. The fraction of sp³-hybridized carbons (Fsp3) is 0.174. The molecule has 2 heterocycles. The second kappa shape index (κ2) is 8.92. The zero-order chi connectivity index (χ0) is 20.9. The molecule has 0 spiro atoms. The van der Waals surface area contributed by atoms with Crippen LogP contribution in [0.25, 0.3) is 20.9 Å². The molecule has 1 amide bonds. The number of amides is 1. The van der Waals surface area contributed by atoms with Gasteiger partial charge in [0.15, 0.2) is 6.10 Å². The van der Waals surface area contributed by atoms with E-state index in [4.69, 9.17) is 9.47 Å². The summed E-state index contributed by atoms with van der Waals surface area (Å²) in [6, 6.07) is 18.6. The van der Waals surface area contributed by atoms with Gasteiger partial charge in [-0.15, -0.1) is 0 Å². The number of carbonyl (C=O) groups excluding carboxylic acids is 1. The lowest BCUT2D eigenvalue weighted by Crippen LogP contribution is -2.30. The highest BCUT2D eigenvalue weighted by molar-refractivity contribution is 7.21. The molecule has 152 valence electrons. The van der Waals surface area contributed by atoms with Crippen LogP contribution in [0.1, 0.15) is 13.8 Å². The lowest BCUT2D eigenvalue weighted by Gasteiger charge is -2.15. The van der Waals surface area contributed by atoms with Crippen LogP contribution in [-0.4, -0.2) is 28.6 Å². The van der Waals surface area contributed by atoms with Gasteiger partial charge in [0.05, 0.1) is 6.61 Å². The van der Waals surface area contributed by atoms with Crippen molar-refractivity contribution in [1.29, 1.82) is 0 Å². The zero-order valence-corrected chi connectivity index (χ0v) is 17.5. The van der Waals surface area contributed by atoms with E-state index in [0.717, 1.165) is 26.7 Å². The molecule has 4 rings (SSSR count). The Morgan fingerprint density at radius 3 is 2.50 bits per heavy atom. The normalized spacial score (nSPS) is 11.8. The van der Waals surface area contributed by atoms with Gasteiger partial charge in [-0.1, -0.05) is 11.3 Å². The first-order chi connectivity index (χ1) is 14.6. The van der Waals surface area contributed by atoms with E-state index in [0.29, 0.717) is 18.0 Å². The predicted molar refractivity (Wildman–Crippen MR) is 119 cm³/mol. The highest BCUT2D eigenvalue weighted by Gasteiger charge is 2.15. The third-order valence-corrected chi connectivity index (χ3v) is 5.41. The molecule has 6 nitrogen and oxygen atoms in total. The Morgan fingerprint density at radius 2 is 1.80 bits per heavy atom. The Labute approximate surface area is 178 Å². The second-order valence-corrected chi connectivity index (χ2v) is 7.56. The maximum Gasteiger partial charge on any atom is 0.265 e. The molecule has 0 bridgehead atoms. The molecule has 0 aliphatic rings. The summed E-state index contributed by atoms with van der Waals surface area (Å²) in [6.07, 6.45) is 1.12. The van der Waals surface area contributed by atoms with Gasteiger partial charge >= 0.3 is 0 Å². The molecule has 0 fully saturated rings. The van der Waals surface area contributed by atoms with Crippen LogP contribution < -0.4 is 14.8 Å². The van der Waals surface area contributed by atoms with Crippen molar-refractivity contribution in [2.75, 3.05) is 11.9 Å². The van der Waals surface area contributed by atoms with E-state index in [1.54, 1.807) is 36.6 Å². The fourth-order valence-corrected chi connectivity index (χ4v) is 3.78. The molecule has 0 saturated heterocycles. The van der Waals surface area contributed by atoms with Gasteiger partial charge < -0.3 is 14.8 Å². The van der Waals surface area contributed by atoms with E-state index >= 15 is 0 Å². The average Bonchev–Trinajstić information content (AvgIpc) is 3.20. The first kappa shape index (κ1) is 19.8. The molecule has 0 aliphatic heterocycles. The summed E-state index contributed by atoms with van der Waals surface area (Å²) in [5.41, 5.74) is 2.56. The Bertz CT molecular complexity index is 1110. The highest BCUT2D eigenvalue weighted by Crippen LogP contribution is 2.29. The van der Waals surface area contributed by atoms with E-state index in [9.17, 15) is 4.79 Å². The summed E-state index contributed by atoms with van der Waals surface area (Å²) >= 11 is 1.54. The first-order valence-electron chi connectivity index (χ1n) is 9.65. The van der Waals surface area contributed by atoms with E-state index in [2.05, 4.69) is 15.3 Å². The zero-order valence-electron chi connectivity index (χ0n) is 16.7. The number of pyridine rings is 1. The molecule has 2 aromatic heterocycles. The van der Waals surface area contributed by atoms with Crippen LogP contribution >= 0.6 is 11.3 Å². The van der Waals surface area contributed by atoms with Crippen LogP contribution in [0.15, 0.2) is 66.9 Å². The van der Waals surface area contributed by atoms with E-state index < -0.39 is 6.10 Å². The van der Waals surface area contributed by atoms with Crippen molar-refractivity contribution in [3.63, 3.8) is 0 Å². The first-order valence-corrected chi connectivity index (χ1v) is 10.5. The van der Waals surface area contributed by atoms with Gasteiger partial charge in [-0.25, -0.2) is 9.97 Å². The third-order valence-electron chi connectivity index (χ3n) is 4.38. The summed E-state index contributed by atoms with van der Waals surface area (Å²) < 4.78 is 11.1. The molecule has 0 saturated carbocycles. The summed E-state index contributed by atoms with van der Waals surface area (Å²) in [5, 5.41) is 3.78. The number of thiazole rings is 1. The van der Waals surface area contributed by atoms with Crippen LogP contribution in [-0.2, 0) is 4.79 Å². The van der Waals surface area contributed by atoms with E-state index in [1.165, 1.54) is 0 Å². The SMILES string of the molecule is CCOc1ccc(OC(C)C(=O)Nc2ccc(-c3nc4cccnc4s3)cc2)cc1.